The number of phosphoric acid groups is 2. The van der Waals surface area contributed by atoms with Crippen LogP contribution in [0.3, 0.4) is 0 Å². The smallest absolute Gasteiger partial charge is 0.462 e. The van der Waals surface area contributed by atoms with Gasteiger partial charge in [0.1, 0.15) is 19.3 Å². The second kappa shape index (κ2) is 64.7. The van der Waals surface area contributed by atoms with Gasteiger partial charge in [0.2, 0.25) is 0 Å². The fourth-order valence-electron chi connectivity index (χ4n) is 11.2. The zero-order chi connectivity index (χ0) is 68.7. The van der Waals surface area contributed by atoms with Crippen LogP contribution in [-0.4, -0.2) is 96.7 Å². The van der Waals surface area contributed by atoms with E-state index < -0.39 is 97.5 Å². The highest BCUT2D eigenvalue weighted by atomic mass is 31.2. The van der Waals surface area contributed by atoms with E-state index >= 15 is 0 Å². The van der Waals surface area contributed by atoms with Crippen LogP contribution in [0.25, 0.3) is 0 Å². The van der Waals surface area contributed by atoms with Gasteiger partial charge in [0, 0.05) is 25.7 Å². The van der Waals surface area contributed by atoms with Gasteiger partial charge in [-0.1, -0.05) is 325 Å². The molecule has 0 aliphatic rings. The van der Waals surface area contributed by atoms with Crippen molar-refractivity contribution >= 4 is 39.5 Å². The number of rotatable bonds is 72. The van der Waals surface area contributed by atoms with E-state index in [1.807, 2.05) is 0 Å². The molecule has 0 aliphatic carbocycles. The summed E-state index contributed by atoms with van der Waals surface area (Å²) in [6, 6.07) is 0. The Balaban J connectivity index is 5.25. The summed E-state index contributed by atoms with van der Waals surface area (Å²) in [6.07, 6.45) is 50.0. The molecule has 0 saturated heterocycles. The molecule has 0 aromatic rings. The number of hydrogen-bond donors (Lipinski definition) is 3. The molecule has 0 radical (unpaired) electrons. The molecule has 0 spiro atoms. The van der Waals surface area contributed by atoms with Gasteiger partial charge in [-0.2, -0.15) is 0 Å². The van der Waals surface area contributed by atoms with E-state index in [9.17, 15) is 43.2 Å². The minimum absolute atomic E-state index is 0.104. The highest BCUT2D eigenvalue weighted by Crippen LogP contribution is 2.45. The third-order valence-electron chi connectivity index (χ3n) is 17.9. The molecule has 0 heterocycles. The Labute approximate surface area is 568 Å². The summed E-state index contributed by atoms with van der Waals surface area (Å²) in [7, 11) is -9.91. The van der Waals surface area contributed by atoms with Gasteiger partial charge in [-0.05, 0) is 43.4 Å². The van der Waals surface area contributed by atoms with E-state index in [2.05, 4.69) is 48.5 Å². The Hall–Kier alpha value is -1.94. The number of esters is 4. The predicted octanol–water partition coefficient (Wildman–Crippen LogP) is 21.4. The summed E-state index contributed by atoms with van der Waals surface area (Å²) in [5.41, 5.74) is 0. The molecule has 0 fully saturated rings. The Morgan fingerprint density at radius 1 is 0.312 bits per heavy atom. The number of aliphatic hydroxyl groups excluding tert-OH is 1. The number of hydrogen-bond acceptors (Lipinski definition) is 15. The van der Waals surface area contributed by atoms with E-state index in [-0.39, 0.29) is 25.7 Å². The van der Waals surface area contributed by atoms with Crippen molar-refractivity contribution in [1.82, 2.24) is 0 Å². The average Bonchev–Trinajstić information content (AvgIpc) is 3.68. The molecule has 93 heavy (non-hydrogen) atoms. The molecule has 0 amide bonds. The first-order valence-electron chi connectivity index (χ1n) is 38.4. The summed E-state index contributed by atoms with van der Waals surface area (Å²) in [6.45, 7) is 11.8. The molecule has 4 unspecified atom stereocenters. The second-order valence-corrected chi connectivity index (χ2v) is 30.6. The van der Waals surface area contributed by atoms with E-state index in [4.69, 9.17) is 37.0 Å². The van der Waals surface area contributed by atoms with Gasteiger partial charge < -0.3 is 33.8 Å². The normalized spacial score (nSPS) is 14.7. The van der Waals surface area contributed by atoms with Gasteiger partial charge in [0.05, 0.1) is 26.4 Å². The van der Waals surface area contributed by atoms with Crippen LogP contribution < -0.4 is 0 Å². The molecule has 0 rings (SSSR count). The largest absolute Gasteiger partial charge is 0.472 e. The van der Waals surface area contributed by atoms with Crippen LogP contribution >= 0.6 is 15.6 Å². The number of carbonyl (C=O) groups excluding carboxylic acids is 4. The minimum atomic E-state index is -4.96. The first-order valence-corrected chi connectivity index (χ1v) is 41.4. The average molecular weight is 1370 g/mol. The van der Waals surface area contributed by atoms with E-state index in [0.717, 1.165) is 114 Å². The summed E-state index contributed by atoms with van der Waals surface area (Å²) < 4.78 is 68.4. The lowest BCUT2D eigenvalue weighted by Gasteiger charge is -2.21. The van der Waals surface area contributed by atoms with Gasteiger partial charge in [0.25, 0.3) is 0 Å². The van der Waals surface area contributed by atoms with Crippen LogP contribution in [0.15, 0.2) is 0 Å². The quantitative estimate of drug-likeness (QED) is 0.0222. The van der Waals surface area contributed by atoms with E-state index in [1.165, 1.54) is 180 Å². The molecule has 0 aromatic heterocycles. The standard InChI is InChI=1S/C74H144O17P2/c1-8-11-12-13-14-15-16-17-18-19-20-21-22-23-28-34-43-50-57-73(78)90-69(61-84-71(76)55-48-41-33-27-25-24-26-31-38-45-52-65(4)5)63-88-92(80,81)86-59-68(75)60-87-93(82,83)89-64-70(62-85-72(77)56-49-42-37-36-40-47-54-67(7)10-3)91-74(79)58-51-44-35-30-29-32-39-46-53-66(6)9-2/h65-70,75H,8-64H2,1-7H3,(H,80,81)(H,82,83)/t66?,67?,68-,69-,70-/m1/s1. The van der Waals surface area contributed by atoms with Gasteiger partial charge in [-0.15, -0.1) is 0 Å². The molecule has 0 aromatic carbocycles. The topological polar surface area (TPSA) is 237 Å². The molecular weight excluding hydrogens is 1220 g/mol. The van der Waals surface area contributed by atoms with Crippen molar-refractivity contribution in [2.24, 2.45) is 17.8 Å². The SMILES string of the molecule is CCCCCCCCCCCCCCCCCCCCC(=O)O[C@H](COC(=O)CCCCCCCCCCCCC(C)C)COP(=O)(O)OC[C@@H](O)COP(=O)(O)OC[C@@H](COC(=O)CCCCCCCCC(C)CC)OC(=O)CCCCCCCCCCC(C)CC. The van der Waals surface area contributed by atoms with Crippen molar-refractivity contribution in [2.45, 2.75) is 394 Å². The van der Waals surface area contributed by atoms with Crippen LogP contribution in [0.4, 0.5) is 0 Å². The van der Waals surface area contributed by atoms with Gasteiger partial charge >= 0.3 is 39.5 Å². The van der Waals surface area contributed by atoms with Gasteiger partial charge in [-0.25, -0.2) is 9.13 Å². The lowest BCUT2D eigenvalue weighted by atomic mass is 9.99. The molecule has 3 N–H and O–H groups in total. The number of carbonyl (C=O) groups is 4. The van der Waals surface area contributed by atoms with Crippen molar-refractivity contribution in [3.63, 3.8) is 0 Å². The zero-order valence-corrected chi connectivity index (χ0v) is 62.5. The lowest BCUT2D eigenvalue weighted by molar-refractivity contribution is -0.161. The van der Waals surface area contributed by atoms with Crippen molar-refractivity contribution in [2.75, 3.05) is 39.6 Å². The Morgan fingerprint density at radius 2 is 0.548 bits per heavy atom. The minimum Gasteiger partial charge on any atom is -0.462 e. The number of phosphoric ester groups is 2. The maximum absolute atomic E-state index is 13.1. The molecule has 0 saturated carbocycles. The van der Waals surface area contributed by atoms with Crippen LogP contribution in [-0.2, 0) is 65.4 Å². The molecule has 7 atom stereocenters. The number of unbranched alkanes of at least 4 members (excludes halogenated alkanes) is 38. The Kier molecular flexibility index (Phi) is 63.4. The third kappa shape index (κ3) is 65.8. The second-order valence-electron chi connectivity index (χ2n) is 27.6. The number of ether oxygens (including phenoxy) is 4. The Morgan fingerprint density at radius 3 is 0.817 bits per heavy atom. The molecule has 0 bridgehead atoms. The molecule has 19 heteroatoms. The third-order valence-corrected chi connectivity index (χ3v) is 19.8. The van der Waals surface area contributed by atoms with Crippen LogP contribution in [0.1, 0.15) is 376 Å². The summed E-state index contributed by atoms with van der Waals surface area (Å²) in [4.78, 5) is 72.7. The highest BCUT2D eigenvalue weighted by Gasteiger charge is 2.30. The molecule has 552 valence electrons. The monoisotopic (exact) mass is 1370 g/mol. The molecule has 17 nitrogen and oxygen atoms in total. The highest BCUT2D eigenvalue weighted by molar-refractivity contribution is 7.47. The van der Waals surface area contributed by atoms with E-state index in [0.29, 0.717) is 25.7 Å². The van der Waals surface area contributed by atoms with Crippen LogP contribution in [0, 0.1) is 17.8 Å². The van der Waals surface area contributed by atoms with Crippen molar-refractivity contribution in [3.8, 4) is 0 Å². The van der Waals surface area contributed by atoms with Crippen molar-refractivity contribution in [1.29, 1.82) is 0 Å². The van der Waals surface area contributed by atoms with Crippen molar-refractivity contribution in [3.05, 3.63) is 0 Å². The predicted molar refractivity (Wildman–Crippen MR) is 377 cm³/mol. The first kappa shape index (κ1) is 91.1. The first-order chi connectivity index (χ1) is 44.8. The zero-order valence-electron chi connectivity index (χ0n) is 60.7. The summed E-state index contributed by atoms with van der Waals surface area (Å²) in [5.74, 6) is 0.136. The van der Waals surface area contributed by atoms with Crippen LogP contribution in [0.2, 0.25) is 0 Å². The van der Waals surface area contributed by atoms with Crippen LogP contribution in [0.5, 0.6) is 0 Å². The Bertz CT molecular complexity index is 1820. The fraction of sp³-hybridized carbons (Fsp3) is 0.946. The maximum Gasteiger partial charge on any atom is 0.472 e. The summed E-state index contributed by atoms with van der Waals surface area (Å²) in [5, 5.41) is 10.6. The fourth-order valence-corrected chi connectivity index (χ4v) is 12.8. The number of aliphatic hydroxyl groups is 1. The maximum atomic E-state index is 13.1. The summed E-state index contributed by atoms with van der Waals surface area (Å²) >= 11 is 0. The molecule has 0 aliphatic heterocycles. The van der Waals surface area contributed by atoms with E-state index in [1.54, 1.807) is 0 Å². The lowest BCUT2D eigenvalue weighted by Crippen LogP contribution is -2.30. The molecular formula is C74H144O17P2. The van der Waals surface area contributed by atoms with Gasteiger partial charge in [0.15, 0.2) is 12.2 Å². The van der Waals surface area contributed by atoms with Gasteiger partial charge in [-0.3, -0.25) is 37.3 Å². The van der Waals surface area contributed by atoms with Crippen molar-refractivity contribution < 1.29 is 80.2 Å².